The SMILES string of the molecule is Cc1ccccc1C1NC(CO)(C(=O)O)C2C(=O)N(C3CCCCC3)C(=O)C12. The van der Waals surface area contributed by atoms with E-state index in [9.17, 15) is 24.6 Å². The van der Waals surface area contributed by atoms with Crippen molar-refractivity contribution in [2.45, 2.75) is 56.7 Å². The third-order valence-corrected chi connectivity index (χ3v) is 6.78. The maximum absolute atomic E-state index is 13.4. The van der Waals surface area contributed by atoms with Crippen molar-refractivity contribution in [3.05, 3.63) is 35.4 Å². The number of carboxylic acid groups (broad SMARTS) is 1. The zero-order valence-electron chi connectivity index (χ0n) is 15.9. The van der Waals surface area contributed by atoms with Gasteiger partial charge in [-0.2, -0.15) is 0 Å². The quantitative estimate of drug-likeness (QED) is 0.675. The second-order valence-corrected chi connectivity index (χ2v) is 8.25. The van der Waals surface area contributed by atoms with Crippen LogP contribution in [0.3, 0.4) is 0 Å². The van der Waals surface area contributed by atoms with E-state index in [0.717, 1.165) is 43.2 Å². The summed E-state index contributed by atoms with van der Waals surface area (Å²) in [5.74, 6) is -3.98. The summed E-state index contributed by atoms with van der Waals surface area (Å²) in [6, 6.07) is 6.66. The first-order valence-corrected chi connectivity index (χ1v) is 9.97. The Balaban J connectivity index is 1.80. The molecular formula is C21H26N2O5. The molecule has 150 valence electrons. The molecule has 2 heterocycles. The fraction of sp³-hybridized carbons (Fsp3) is 0.571. The van der Waals surface area contributed by atoms with Crippen LogP contribution in [0.4, 0.5) is 0 Å². The van der Waals surface area contributed by atoms with Crippen molar-refractivity contribution in [2.24, 2.45) is 11.8 Å². The van der Waals surface area contributed by atoms with Gasteiger partial charge < -0.3 is 10.2 Å². The highest BCUT2D eigenvalue weighted by Gasteiger charge is 2.69. The second kappa shape index (κ2) is 6.97. The van der Waals surface area contributed by atoms with Crippen LogP contribution in [-0.2, 0) is 14.4 Å². The number of benzene rings is 1. The van der Waals surface area contributed by atoms with E-state index in [1.54, 1.807) is 0 Å². The smallest absolute Gasteiger partial charge is 0.327 e. The number of rotatable bonds is 4. The lowest BCUT2D eigenvalue weighted by atomic mass is 9.79. The van der Waals surface area contributed by atoms with Gasteiger partial charge in [0.25, 0.3) is 0 Å². The largest absolute Gasteiger partial charge is 0.480 e. The predicted molar refractivity (Wildman–Crippen MR) is 100 cm³/mol. The molecular weight excluding hydrogens is 360 g/mol. The molecule has 3 aliphatic rings. The number of aliphatic carboxylic acids is 1. The fourth-order valence-corrected chi connectivity index (χ4v) is 5.34. The summed E-state index contributed by atoms with van der Waals surface area (Å²) in [6.07, 6.45) is 4.53. The Morgan fingerprint density at radius 3 is 2.46 bits per heavy atom. The van der Waals surface area contributed by atoms with Crippen LogP contribution in [-0.4, -0.2) is 51.1 Å². The Hall–Kier alpha value is -2.25. The van der Waals surface area contributed by atoms with Crippen LogP contribution in [0.2, 0.25) is 0 Å². The molecule has 0 aromatic heterocycles. The number of aliphatic hydroxyl groups is 1. The normalized spacial score (nSPS) is 33.4. The minimum atomic E-state index is -1.85. The van der Waals surface area contributed by atoms with Gasteiger partial charge in [0.1, 0.15) is 0 Å². The second-order valence-electron chi connectivity index (χ2n) is 8.25. The van der Waals surface area contributed by atoms with Gasteiger partial charge in [-0.1, -0.05) is 43.5 Å². The number of likely N-dealkylation sites (tertiary alicyclic amines) is 1. The zero-order valence-corrected chi connectivity index (χ0v) is 15.9. The van der Waals surface area contributed by atoms with Crippen molar-refractivity contribution in [2.75, 3.05) is 6.61 Å². The highest BCUT2D eigenvalue weighted by molar-refractivity contribution is 6.09. The number of amides is 2. The molecule has 4 rings (SSSR count). The number of carbonyl (C=O) groups is 3. The number of hydrogen-bond donors (Lipinski definition) is 3. The number of aliphatic hydroxyl groups excluding tert-OH is 1. The average Bonchev–Trinajstić information content (AvgIpc) is 3.17. The molecule has 0 spiro atoms. The number of carbonyl (C=O) groups excluding carboxylic acids is 2. The number of nitrogens with one attached hydrogen (secondary N) is 1. The van der Waals surface area contributed by atoms with Crippen molar-refractivity contribution >= 4 is 17.8 Å². The Morgan fingerprint density at radius 1 is 1.18 bits per heavy atom. The van der Waals surface area contributed by atoms with Crippen LogP contribution in [0.1, 0.15) is 49.3 Å². The maximum atomic E-state index is 13.4. The van der Waals surface area contributed by atoms with Gasteiger partial charge in [0, 0.05) is 12.1 Å². The van der Waals surface area contributed by atoms with Gasteiger partial charge in [0.05, 0.1) is 18.4 Å². The monoisotopic (exact) mass is 386 g/mol. The molecule has 1 aromatic rings. The van der Waals surface area contributed by atoms with Gasteiger partial charge in [0.2, 0.25) is 11.8 Å². The van der Waals surface area contributed by atoms with E-state index < -0.39 is 41.9 Å². The first-order valence-electron chi connectivity index (χ1n) is 9.97. The molecule has 7 nitrogen and oxygen atoms in total. The lowest BCUT2D eigenvalue weighted by molar-refractivity contribution is -0.154. The van der Waals surface area contributed by atoms with E-state index in [0.29, 0.717) is 0 Å². The number of fused-ring (bicyclic) bond motifs is 1. The number of hydrogen-bond acceptors (Lipinski definition) is 5. The average molecular weight is 386 g/mol. The van der Waals surface area contributed by atoms with Crippen LogP contribution >= 0.6 is 0 Å². The predicted octanol–water partition coefficient (Wildman–Crippen LogP) is 1.39. The van der Waals surface area contributed by atoms with E-state index in [1.807, 2.05) is 31.2 Å². The van der Waals surface area contributed by atoms with Crippen LogP contribution in [0, 0.1) is 18.8 Å². The van der Waals surface area contributed by atoms with Crippen molar-refractivity contribution in [3.63, 3.8) is 0 Å². The highest BCUT2D eigenvalue weighted by Crippen LogP contribution is 2.50. The van der Waals surface area contributed by atoms with Crippen LogP contribution in [0.25, 0.3) is 0 Å². The molecule has 1 aromatic carbocycles. The number of carboxylic acids is 1. The molecule has 4 atom stereocenters. The minimum absolute atomic E-state index is 0.165. The molecule has 0 radical (unpaired) electrons. The summed E-state index contributed by atoms with van der Waals surface area (Å²) in [6.45, 7) is 1.15. The van der Waals surface area contributed by atoms with E-state index in [1.165, 1.54) is 4.90 Å². The summed E-state index contributed by atoms with van der Waals surface area (Å²) < 4.78 is 0. The standard InChI is InChI=1S/C21H26N2O5/c1-12-7-5-6-10-14(12)17-15-16(21(11-24,22-17)20(27)28)19(26)23(18(15)25)13-8-3-2-4-9-13/h5-7,10,13,15-17,22,24H,2-4,8-9,11H2,1H3,(H,27,28). The third-order valence-electron chi connectivity index (χ3n) is 6.78. The molecule has 7 heteroatoms. The molecule has 3 N–H and O–H groups in total. The topological polar surface area (TPSA) is 107 Å². The van der Waals surface area contributed by atoms with Crippen LogP contribution in [0.5, 0.6) is 0 Å². The lowest BCUT2D eigenvalue weighted by Crippen LogP contribution is -2.59. The van der Waals surface area contributed by atoms with E-state index in [4.69, 9.17) is 0 Å². The Morgan fingerprint density at radius 2 is 1.86 bits per heavy atom. The van der Waals surface area contributed by atoms with E-state index in [2.05, 4.69) is 5.32 Å². The molecule has 2 aliphatic heterocycles. The molecule has 4 unspecified atom stereocenters. The fourth-order valence-electron chi connectivity index (χ4n) is 5.34. The maximum Gasteiger partial charge on any atom is 0.327 e. The van der Waals surface area contributed by atoms with Gasteiger partial charge in [-0.3, -0.25) is 24.6 Å². The van der Waals surface area contributed by atoms with Gasteiger partial charge in [-0.15, -0.1) is 0 Å². The first kappa shape index (κ1) is 19.1. The lowest BCUT2D eigenvalue weighted by Gasteiger charge is -2.33. The number of imide groups is 1. The summed E-state index contributed by atoms with van der Waals surface area (Å²) >= 11 is 0. The molecule has 2 amide bonds. The molecule has 3 fully saturated rings. The van der Waals surface area contributed by atoms with Crippen LogP contribution < -0.4 is 5.32 Å². The summed E-state index contributed by atoms with van der Waals surface area (Å²) in [5.41, 5.74) is -0.150. The summed E-state index contributed by atoms with van der Waals surface area (Å²) in [7, 11) is 0. The summed E-state index contributed by atoms with van der Waals surface area (Å²) in [4.78, 5) is 40.3. The first-order chi connectivity index (χ1) is 13.4. The van der Waals surface area contributed by atoms with Gasteiger partial charge in [-0.05, 0) is 30.9 Å². The van der Waals surface area contributed by atoms with Crippen molar-refractivity contribution in [3.8, 4) is 0 Å². The molecule has 1 saturated carbocycles. The molecule has 0 bridgehead atoms. The van der Waals surface area contributed by atoms with Crippen LogP contribution in [0.15, 0.2) is 24.3 Å². The molecule has 28 heavy (non-hydrogen) atoms. The van der Waals surface area contributed by atoms with E-state index >= 15 is 0 Å². The summed E-state index contributed by atoms with van der Waals surface area (Å²) in [5, 5.41) is 23.0. The third kappa shape index (κ3) is 2.60. The van der Waals surface area contributed by atoms with Crippen molar-refractivity contribution in [1.29, 1.82) is 0 Å². The highest BCUT2D eigenvalue weighted by atomic mass is 16.4. The van der Waals surface area contributed by atoms with Crippen molar-refractivity contribution < 1.29 is 24.6 Å². The number of aryl methyl sites for hydroxylation is 1. The Kier molecular flexibility index (Phi) is 4.75. The molecule has 1 aliphatic carbocycles. The van der Waals surface area contributed by atoms with Gasteiger partial charge in [0.15, 0.2) is 5.54 Å². The Labute approximate surface area is 163 Å². The zero-order chi connectivity index (χ0) is 20.1. The van der Waals surface area contributed by atoms with Crippen molar-refractivity contribution in [1.82, 2.24) is 10.2 Å². The number of nitrogens with zero attached hydrogens (tertiary/aromatic N) is 1. The van der Waals surface area contributed by atoms with Gasteiger partial charge >= 0.3 is 5.97 Å². The molecule has 2 saturated heterocycles. The Bertz CT molecular complexity index is 819. The van der Waals surface area contributed by atoms with E-state index in [-0.39, 0.29) is 11.9 Å². The van der Waals surface area contributed by atoms with Gasteiger partial charge in [-0.25, -0.2) is 0 Å². The minimum Gasteiger partial charge on any atom is -0.480 e.